The summed E-state index contributed by atoms with van der Waals surface area (Å²) >= 11 is 0. The Hall–Kier alpha value is -0.650. The van der Waals surface area contributed by atoms with Crippen LogP contribution in [-0.2, 0) is 9.53 Å². The minimum atomic E-state index is -0.569. The van der Waals surface area contributed by atoms with Crippen LogP contribution >= 0.6 is 0 Å². The second kappa shape index (κ2) is 6.63. The summed E-state index contributed by atoms with van der Waals surface area (Å²) in [6.45, 7) is 5.56. The molecule has 3 fully saturated rings. The molecule has 0 aromatic heterocycles. The van der Waals surface area contributed by atoms with E-state index in [2.05, 4.69) is 10.2 Å². The summed E-state index contributed by atoms with van der Waals surface area (Å²) in [7, 11) is 1.69. The number of piperidine rings is 1. The van der Waals surface area contributed by atoms with Gasteiger partial charge in [0.2, 0.25) is 0 Å². The summed E-state index contributed by atoms with van der Waals surface area (Å²) in [6.07, 6.45) is 7.05. The topological polar surface area (TPSA) is 44.8 Å². The SMILES string of the molecule is COC1(C(=O)N2CCN(C3CCCC3)CC2)CCNCC1. The van der Waals surface area contributed by atoms with Crippen LogP contribution in [0.1, 0.15) is 38.5 Å². The van der Waals surface area contributed by atoms with Crippen LogP contribution in [0.4, 0.5) is 0 Å². The maximum absolute atomic E-state index is 12.9. The number of ether oxygens (including phenoxy) is 1. The third-order valence-electron chi connectivity index (χ3n) is 5.63. The number of carbonyl (C=O) groups excluding carboxylic acids is 1. The number of carbonyl (C=O) groups is 1. The number of hydrogen-bond acceptors (Lipinski definition) is 4. The number of rotatable bonds is 3. The molecule has 0 radical (unpaired) electrons. The first-order valence-corrected chi connectivity index (χ1v) is 8.54. The molecular formula is C16H29N3O2. The monoisotopic (exact) mass is 295 g/mol. The summed E-state index contributed by atoms with van der Waals surface area (Å²) < 4.78 is 5.68. The Morgan fingerprint density at radius 2 is 1.71 bits per heavy atom. The highest BCUT2D eigenvalue weighted by Gasteiger charge is 2.43. The van der Waals surface area contributed by atoms with Gasteiger partial charge < -0.3 is 15.0 Å². The lowest BCUT2D eigenvalue weighted by Gasteiger charge is -2.43. The fourth-order valence-electron chi connectivity index (χ4n) is 4.18. The maximum Gasteiger partial charge on any atom is 0.254 e. The Kier molecular flexibility index (Phi) is 4.82. The molecule has 0 spiro atoms. The van der Waals surface area contributed by atoms with Crippen molar-refractivity contribution in [1.82, 2.24) is 15.1 Å². The van der Waals surface area contributed by atoms with Crippen LogP contribution in [0.2, 0.25) is 0 Å². The molecule has 2 saturated heterocycles. The van der Waals surface area contributed by atoms with E-state index in [0.717, 1.165) is 58.2 Å². The Balaban J connectivity index is 1.56. The van der Waals surface area contributed by atoms with Gasteiger partial charge in [-0.3, -0.25) is 9.69 Å². The molecule has 1 aliphatic carbocycles. The molecule has 120 valence electrons. The first kappa shape index (κ1) is 15.3. The van der Waals surface area contributed by atoms with Gasteiger partial charge in [-0.05, 0) is 38.8 Å². The van der Waals surface area contributed by atoms with Gasteiger partial charge in [-0.15, -0.1) is 0 Å². The van der Waals surface area contributed by atoms with Crippen LogP contribution in [0, 0.1) is 0 Å². The summed E-state index contributed by atoms with van der Waals surface area (Å²) in [6, 6.07) is 0.775. The molecule has 0 aromatic rings. The predicted molar refractivity (Wildman–Crippen MR) is 82.3 cm³/mol. The molecule has 5 heteroatoms. The summed E-state index contributed by atoms with van der Waals surface area (Å²) in [5, 5.41) is 3.32. The first-order chi connectivity index (χ1) is 10.2. The Morgan fingerprint density at radius 3 is 2.29 bits per heavy atom. The predicted octanol–water partition coefficient (Wildman–Crippen LogP) is 0.842. The van der Waals surface area contributed by atoms with Crippen LogP contribution in [0.25, 0.3) is 0 Å². The fraction of sp³-hybridized carbons (Fsp3) is 0.938. The van der Waals surface area contributed by atoms with Gasteiger partial charge in [0.15, 0.2) is 0 Å². The lowest BCUT2D eigenvalue weighted by molar-refractivity contribution is -0.160. The van der Waals surface area contributed by atoms with E-state index in [0.29, 0.717) is 0 Å². The van der Waals surface area contributed by atoms with E-state index >= 15 is 0 Å². The lowest BCUT2D eigenvalue weighted by Crippen LogP contribution is -2.60. The first-order valence-electron chi connectivity index (χ1n) is 8.54. The zero-order valence-electron chi connectivity index (χ0n) is 13.3. The standard InChI is InChI=1S/C16H29N3O2/c1-21-16(6-8-17-9-7-16)15(20)19-12-10-18(11-13-19)14-4-2-3-5-14/h14,17H,2-13H2,1H3. The number of hydrogen-bond donors (Lipinski definition) is 1. The molecule has 5 nitrogen and oxygen atoms in total. The molecule has 1 amide bonds. The van der Waals surface area contributed by atoms with Crippen molar-refractivity contribution in [1.29, 1.82) is 0 Å². The highest BCUT2D eigenvalue weighted by Crippen LogP contribution is 2.28. The molecule has 21 heavy (non-hydrogen) atoms. The van der Waals surface area contributed by atoms with E-state index in [1.807, 2.05) is 4.90 Å². The van der Waals surface area contributed by atoms with Crippen molar-refractivity contribution in [2.45, 2.75) is 50.2 Å². The molecule has 0 aromatic carbocycles. The highest BCUT2D eigenvalue weighted by molar-refractivity contribution is 5.85. The normalized spacial score (nSPS) is 28.0. The summed E-state index contributed by atoms with van der Waals surface area (Å²) in [5.41, 5.74) is -0.569. The zero-order chi connectivity index (χ0) is 14.7. The van der Waals surface area contributed by atoms with Crippen molar-refractivity contribution in [3.05, 3.63) is 0 Å². The van der Waals surface area contributed by atoms with Crippen LogP contribution in [0.5, 0.6) is 0 Å². The number of nitrogens with one attached hydrogen (secondary N) is 1. The van der Waals surface area contributed by atoms with E-state index in [9.17, 15) is 4.79 Å². The summed E-state index contributed by atoms with van der Waals surface area (Å²) in [4.78, 5) is 17.5. The van der Waals surface area contributed by atoms with Crippen LogP contribution in [0.15, 0.2) is 0 Å². The quantitative estimate of drug-likeness (QED) is 0.838. The minimum absolute atomic E-state index is 0.220. The molecule has 0 unspecified atom stereocenters. The van der Waals surface area contributed by atoms with Gasteiger partial charge in [0, 0.05) is 39.3 Å². The van der Waals surface area contributed by atoms with Crippen LogP contribution in [0.3, 0.4) is 0 Å². The van der Waals surface area contributed by atoms with Gasteiger partial charge in [0.1, 0.15) is 5.60 Å². The molecule has 3 aliphatic rings. The smallest absolute Gasteiger partial charge is 0.254 e. The van der Waals surface area contributed by atoms with E-state index < -0.39 is 5.60 Å². The Morgan fingerprint density at radius 1 is 1.10 bits per heavy atom. The van der Waals surface area contributed by atoms with Gasteiger partial charge in [-0.1, -0.05) is 12.8 Å². The largest absolute Gasteiger partial charge is 0.368 e. The Labute approximate surface area is 128 Å². The minimum Gasteiger partial charge on any atom is -0.368 e. The Bertz CT molecular complexity index is 355. The molecule has 3 rings (SSSR count). The molecule has 1 saturated carbocycles. The molecule has 0 bridgehead atoms. The highest BCUT2D eigenvalue weighted by atomic mass is 16.5. The van der Waals surface area contributed by atoms with E-state index in [1.54, 1.807) is 7.11 Å². The number of methoxy groups -OCH3 is 1. The van der Waals surface area contributed by atoms with E-state index in [1.165, 1.54) is 25.7 Å². The number of nitrogens with zero attached hydrogens (tertiary/aromatic N) is 2. The van der Waals surface area contributed by atoms with Crippen molar-refractivity contribution >= 4 is 5.91 Å². The molecule has 2 heterocycles. The maximum atomic E-state index is 12.9. The average Bonchev–Trinajstić information content (AvgIpc) is 3.09. The third-order valence-corrected chi connectivity index (χ3v) is 5.63. The lowest BCUT2D eigenvalue weighted by atomic mass is 9.90. The molecule has 1 N–H and O–H groups in total. The van der Waals surface area contributed by atoms with Crippen LogP contribution in [-0.4, -0.2) is 73.7 Å². The molecule has 0 atom stereocenters. The third kappa shape index (κ3) is 3.10. The van der Waals surface area contributed by atoms with Gasteiger partial charge in [0.05, 0.1) is 0 Å². The van der Waals surface area contributed by atoms with E-state index in [-0.39, 0.29) is 5.91 Å². The average molecular weight is 295 g/mol. The van der Waals surface area contributed by atoms with Gasteiger partial charge >= 0.3 is 0 Å². The van der Waals surface area contributed by atoms with Crippen molar-refractivity contribution in [2.75, 3.05) is 46.4 Å². The molecular weight excluding hydrogens is 266 g/mol. The molecule has 2 aliphatic heterocycles. The second-order valence-electron chi connectivity index (χ2n) is 6.71. The summed E-state index contributed by atoms with van der Waals surface area (Å²) in [5.74, 6) is 0.220. The number of amides is 1. The van der Waals surface area contributed by atoms with Crippen molar-refractivity contribution in [2.24, 2.45) is 0 Å². The van der Waals surface area contributed by atoms with E-state index in [4.69, 9.17) is 4.74 Å². The van der Waals surface area contributed by atoms with Gasteiger partial charge in [0.25, 0.3) is 5.91 Å². The van der Waals surface area contributed by atoms with Crippen molar-refractivity contribution < 1.29 is 9.53 Å². The van der Waals surface area contributed by atoms with Gasteiger partial charge in [-0.2, -0.15) is 0 Å². The van der Waals surface area contributed by atoms with Crippen LogP contribution < -0.4 is 5.32 Å². The number of piperazine rings is 1. The fourth-order valence-corrected chi connectivity index (χ4v) is 4.18. The van der Waals surface area contributed by atoms with Gasteiger partial charge in [-0.25, -0.2) is 0 Å². The second-order valence-corrected chi connectivity index (χ2v) is 6.71. The van der Waals surface area contributed by atoms with Crippen molar-refractivity contribution in [3.8, 4) is 0 Å². The zero-order valence-corrected chi connectivity index (χ0v) is 13.3. The van der Waals surface area contributed by atoms with Crippen molar-refractivity contribution in [3.63, 3.8) is 0 Å².